The SMILES string of the molecule is CCS(=O)(=O)N1CCC2(CCN(Cc3ccccn3)CC2)CC1.O=C(O)C(F)(F)F. The fourth-order valence-corrected chi connectivity index (χ4v) is 4.93. The topological polar surface area (TPSA) is 90.8 Å². The summed E-state index contributed by atoms with van der Waals surface area (Å²) in [5.41, 5.74) is 1.49. The molecule has 2 saturated heterocycles. The number of sulfonamides is 1. The molecule has 7 nitrogen and oxygen atoms in total. The minimum absolute atomic E-state index is 0.220. The molecule has 0 amide bonds. The minimum Gasteiger partial charge on any atom is -0.475 e. The summed E-state index contributed by atoms with van der Waals surface area (Å²) in [6.07, 6.45) is 1.16. The number of carbonyl (C=O) groups is 1. The lowest BCUT2D eigenvalue weighted by Crippen LogP contribution is -2.48. The average Bonchev–Trinajstić information content (AvgIpc) is 2.71. The molecule has 1 aromatic heterocycles. The molecule has 1 N–H and O–H groups in total. The Morgan fingerprint density at radius 2 is 1.67 bits per heavy atom. The number of hydrogen-bond donors (Lipinski definition) is 1. The maximum Gasteiger partial charge on any atom is 0.490 e. The van der Waals surface area contributed by atoms with Gasteiger partial charge in [-0.05, 0) is 63.2 Å². The van der Waals surface area contributed by atoms with Gasteiger partial charge in [-0.15, -0.1) is 0 Å². The molecule has 30 heavy (non-hydrogen) atoms. The lowest BCUT2D eigenvalue weighted by molar-refractivity contribution is -0.192. The Morgan fingerprint density at radius 3 is 2.10 bits per heavy atom. The second kappa shape index (κ2) is 10.1. The first kappa shape index (κ1) is 24.5. The molecule has 2 aliphatic heterocycles. The van der Waals surface area contributed by atoms with Gasteiger partial charge < -0.3 is 5.11 Å². The van der Waals surface area contributed by atoms with Gasteiger partial charge >= 0.3 is 12.1 Å². The molecule has 0 bridgehead atoms. The van der Waals surface area contributed by atoms with Crippen molar-refractivity contribution in [1.82, 2.24) is 14.2 Å². The number of carboxylic acids is 1. The van der Waals surface area contributed by atoms with Gasteiger partial charge in [-0.1, -0.05) is 6.07 Å². The van der Waals surface area contributed by atoms with Gasteiger partial charge in [-0.25, -0.2) is 17.5 Å². The standard InChI is InChI=1S/C17H27N3O2S.C2HF3O2/c1-2-23(21,22)20-13-8-17(9-14-20)6-11-19(12-7-17)15-16-5-3-4-10-18-16;3-2(4,5)1(6)7/h3-5,10H,2,6-9,11-15H2,1H3;(H,6,7). The third kappa shape index (κ3) is 6.92. The normalized spacial score (nSPS) is 20.4. The second-order valence-electron chi connectivity index (χ2n) is 7.70. The number of pyridine rings is 1. The summed E-state index contributed by atoms with van der Waals surface area (Å²) in [5, 5.41) is 7.12. The van der Waals surface area contributed by atoms with E-state index in [9.17, 15) is 21.6 Å². The molecule has 0 unspecified atom stereocenters. The smallest absolute Gasteiger partial charge is 0.475 e. The number of carboxylic acid groups (broad SMARTS) is 1. The number of aromatic nitrogens is 1. The third-order valence-corrected chi connectivity index (χ3v) is 7.69. The van der Waals surface area contributed by atoms with Crippen LogP contribution in [0.4, 0.5) is 13.2 Å². The molecule has 2 fully saturated rings. The van der Waals surface area contributed by atoms with E-state index in [0.29, 0.717) is 18.5 Å². The summed E-state index contributed by atoms with van der Waals surface area (Å²) in [6, 6.07) is 6.07. The number of alkyl halides is 3. The Kier molecular flexibility index (Phi) is 8.23. The molecule has 1 spiro atoms. The molecule has 170 valence electrons. The number of halogens is 3. The van der Waals surface area contributed by atoms with Crippen molar-refractivity contribution in [2.45, 2.75) is 45.3 Å². The summed E-state index contributed by atoms with van der Waals surface area (Å²) in [6.45, 7) is 6.25. The van der Waals surface area contributed by atoms with Crippen molar-refractivity contribution in [1.29, 1.82) is 0 Å². The largest absolute Gasteiger partial charge is 0.490 e. The van der Waals surface area contributed by atoms with Gasteiger partial charge in [0.2, 0.25) is 10.0 Å². The van der Waals surface area contributed by atoms with Gasteiger partial charge in [0.05, 0.1) is 11.4 Å². The Bertz CT molecular complexity index is 785. The first-order chi connectivity index (χ1) is 14.0. The van der Waals surface area contributed by atoms with E-state index >= 15 is 0 Å². The Morgan fingerprint density at radius 1 is 1.13 bits per heavy atom. The van der Waals surface area contributed by atoms with Crippen LogP contribution in [0.5, 0.6) is 0 Å². The summed E-state index contributed by atoms with van der Waals surface area (Å²) in [4.78, 5) is 15.8. The molecule has 3 heterocycles. The van der Waals surface area contributed by atoms with Crippen molar-refractivity contribution in [3.8, 4) is 0 Å². The fourth-order valence-electron chi connectivity index (χ4n) is 3.83. The van der Waals surface area contributed by atoms with Gasteiger partial charge in [0.1, 0.15) is 0 Å². The average molecular weight is 452 g/mol. The van der Waals surface area contributed by atoms with Crippen LogP contribution in [0.1, 0.15) is 38.3 Å². The maximum atomic E-state index is 12.0. The molecule has 0 aromatic carbocycles. The van der Waals surface area contributed by atoms with Crippen LogP contribution in [0.25, 0.3) is 0 Å². The van der Waals surface area contributed by atoms with E-state index in [0.717, 1.165) is 38.2 Å². The molecule has 0 radical (unpaired) electrons. The third-order valence-electron chi connectivity index (χ3n) is 5.81. The van der Waals surface area contributed by atoms with Crippen LogP contribution in [-0.4, -0.2) is 71.8 Å². The number of piperidine rings is 2. The van der Waals surface area contributed by atoms with Crippen molar-refractivity contribution >= 4 is 16.0 Å². The van der Waals surface area contributed by atoms with Gasteiger partial charge in [0.15, 0.2) is 0 Å². The maximum absolute atomic E-state index is 12.0. The van der Waals surface area contributed by atoms with Crippen LogP contribution in [0.2, 0.25) is 0 Å². The van der Waals surface area contributed by atoms with Crippen molar-refractivity contribution < 1.29 is 31.5 Å². The van der Waals surface area contributed by atoms with Crippen molar-refractivity contribution in [2.24, 2.45) is 5.41 Å². The molecule has 0 saturated carbocycles. The lowest BCUT2D eigenvalue weighted by atomic mass is 9.71. The number of rotatable bonds is 4. The molecular formula is C19H28F3N3O4S. The van der Waals surface area contributed by atoms with E-state index in [1.54, 1.807) is 11.2 Å². The van der Waals surface area contributed by atoms with E-state index in [4.69, 9.17) is 9.90 Å². The Hall–Kier alpha value is -1.72. The predicted molar refractivity (Wildman–Crippen MR) is 105 cm³/mol. The summed E-state index contributed by atoms with van der Waals surface area (Å²) in [5.74, 6) is -2.54. The van der Waals surface area contributed by atoms with E-state index < -0.39 is 22.2 Å². The van der Waals surface area contributed by atoms with Crippen LogP contribution < -0.4 is 0 Å². The van der Waals surface area contributed by atoms with E-state index in [-0.39, 0.29) is 5.75 Å². The van der Waals surface area contributed by atoms with Crippen LogP contribution >= 0.6 is 0 Å². The van der Waals surface area contributed by atoms with Crippen molar-refractivity contribution in [3.05, 3.63) is 30.1 Å². The number of hydrogen-bond acceptors (Lipinski definition) is 5. The van der Waals surface area contributed by atoms with Crippen LogP contribution in [0.15, 0.2) is 24.4 Å². The van der Waals surface area contributed by atoms with Gasteiger partial charge in [-0.2, -0.15) is 13.2 Å². The van der Waals surface area contributed by atoms with Gasteiger partial charge in [0.25, 0.3) is 0 Å². The Balaban J connectivity index is 0.000000396. The Labute approximate surface area is 174 Å². The highest BCUT2D eigenvalue weighted by molar-refractivity contribution is 7.89. The van der Waals surface area contributed by atoms with E-state index in [1.807, 2.05) is 18.3 Å². The second-order valence-corrected chi connectivity index (χ2v) is 9.96. The molecule has 1 aromatic rings. The number of nitrogens with zero attached hydrogens (tertiary/aromatic N) is 3. The quantitative estimate of drug-likeness (QED) is 0.757. The number of aliphatic carboxylic acids is 1. The van der Waals surface area contributed by atoms with E-state index in [1.165, 1.54) is 12.8 Å². The van der Waals surface area contributed by atoms with Crippen LogP contribution in [-0.2, 0) is 21.4 Å². The minimum atomic E-state index is -5.08. The molecule has 0 aliphatic carbocycles. The fraction of sp³-hybridized carbons (Fsp3) is 0.684. The highest BCUT2D eigenvalue weighted by Crippen LogP contribution is 2.41. The lowest BCUT2D eigenvalue weighted by Gasteiger charge is -2.46. The number of likely N-dealkylation sites (tertiary alicyclic amines) is 1. The molecule has 3 rings (SSSR count). The van der Waals surface area contributed by atoms with Gasteiger partial charge in [0, 0.05) is 25.8 Å². The van der Waals surface area contributed by atoms with Gasteiger partial charge in [-0.3, -0.25) is 9.88 Å². The summed E-state index contributed by atoms with van der Waals surface area (Å²) < 4.78 is 57.4. The zero-order chi connectivity index (χ0) is 22.4. The zero-order valence-corrected chi connectivity index (χ0v) is 17.8. The molecule has 11 heteroatoms. The molecule has 2 aliphatic rings. The monoisotopic (exact) mass is 451 g/mol. The van der Waals surface area contributed by atoms with Crippen LogP contribution in [0, 0.1) is 5.41 Å². The first-order valence-corrected chi connectivity index (χ1v) is 11.5. The summed E-state index contributed by atoms with van der Waals surface area (Å²) >= 11 is 0. The molecule has 0 atom stereocenters. The zero-order valence-electron chi connectivity index (χ0n) is 16.9. The summed E-state index contributed by atoms with van der Waals surface area (Å²) in [7, 11) is -3.01. The van der Waals surface area contributed by atoms with Crippen molar-refractivity contribution in [2.75, 3.05) is 31.9 Å². The first-order valence-electron chi connectivity index (χ1n) is 9.88. The molecular weight excluding hydrogens is 423 g/mol. The highest BCUT2D eigenvalue weighted by atomic mass is 32.2. The predicted octanol–water partition coefficient (Wildman–Crippen LogP) is 2.74. The van der Waals surface area contributed by atoms with E-state index in [2.05, 4.69) is 16.0 Å². The van der Waals surface area contributed by atoms with Crippen molar-refractivity contribution in [3.63, 3.8) is 0 Å². The van der Waals surface area contributed by atoms with Crippen LogP contribution in [0.3, 0.4) is 0 Å². The highest BCUT2D eigenvalue weighted by Gasteiger charge is 2.40.